The summed E-state index contributed by atoms with van der Waals surface area (Å²) in [6.45, 7) is 5.10. The number of aromatic carboxylic acids is 1. The minimum atomic E-state index is -0.961. The maximum Gasteiger partial charge on any atom is 0.335 e. The summed E-state index contributed by atoms with van der Waals surface area (Å²) >= 11 is 0. The highest BCUT2D eigenvalue weighted by molar-refractivity contribution is 5.92. The molecule has 0 bridgehead atoms. The first kappa shape index (κ1) is 14.1. The third-order valence-corrected chi connectivity index (χ3v) is 3.43. The molecular formula is C15H18N2O3. The number of hydrogen-bond acceptors (Lipinski definition) is 2. The average molecular weight is 274 g/mol. The van der Waals surface area contributed by atoms with Crippen LogP contribution in [0.1, 0.15) is 29.3 Å². The standard InChI is InChI=1S/C15H18N2O3/c1-10-5-7-17(8-6-10)15(20)16-12-3-4-13(14(18)19)11(2)9-12/h3-5,9H,6-8H2,1-2H3,(H,16,20)(H,18,19). The Balaban J connectivity index is 2.05. The maximum atomic E-state index is 12.1. The molecule has 5 heteroatoms. The zero-order valence-corrected chi connectivity index (χ0v) is 11.6. The highest BCUT2D eigenvalue weighted by atomic mass is 16.4. The summed E-state index contributed by atoms with van der Waals surface area (Å²) in [4.78, 5) is 24.7. The van der Waals surface area contributed by atoms with Crippen molar-refractivity contribution >= 4 is 17.7 Å². The van der Waals surface area contributed by atoms with E-state index in [1.54, 1.807) is 24.0 Å². The second kappa shape index (κ2) is 5.77. The number of aryl methyl sites for hydroxylation is 1. The quantitative estimate of drug-likeness (QED) is 0.815. The number of carboxylic acid groups (broad SMARTS) is 1. The van der Waals surface area contributed by atoms with E-state index < -0.39 is 5.97 Å². The molecular weight excluding hydrogens is 256 g/mol. The first-order valence-electron chi connectivity index (χ1n) is 6.53. The van der Waals surface area contributed by atoms with Gasteiger partial charge in [0.15, 0.2) is 0 Å². The van der Waals surface area contributed by atoms with Crippen LogP contribution < -0.4 is 5.32 Å². The van der Waals surface area contributed by atoms with Crippen molar-refractivity contribution in [3.63, 3.8) is 0 Å². The van der Waals surface area contributed by atoms with Gasteiger partial charge < -0.3 is 15.3 Å². The number of hydrogen-bond donors (Lipinski definition) is 2. The van der Waals surface area contributed by atoms with Gasteiger partial charge in [-0.15, -0.1) is 0 Å². The lowest BCUT2D eigenvalue weighted by molar-refractivity contribution is 0.0696. The van der Waals surface area contributed by atoms with Crippen molar-refractivity contribution in [1.29, 1.82) is 0 Å². The van der Waals surface area contributed by atoms with Crippen LogP contribution in [0.4, 0.5) is 10.5 Å². The summed E-state index contributed by atoms with van der Waals surface area (Å²) in [5.41, 5.74) is 2.80. The van der Waals surface area contributed by atoms with E-state index in [0.717, 1.165) is 6.42 Å². The molecule has 1 aromatic rings. The topological polar surface area (TPSA) is 69.6 Å². The molecule has 0 fully saturated rings. The molecule has 1 aromatic carbocycles. The van der Waals surface area contributed by atoms with Gasteiger partial charge in [-0.2, -0.15) is 0 Å². The number of nitrogens with one attached hydrogen (secondary N) is 1. The molecule has 0 aromatic heterocycles. The second-order valence-electron chi connectivity index (χ2n) is 5.01. The fourth-order valence-corrected chi connectivity index (χ4v) is 2.14. The molecule has 2 N–H and O–H groups in total. The van der Waals surface area contributed by atoms with Crippen molar-refractivity contribution in [2.75, 3.05) is 18.4 Å². The zero-order valence-electron chi connectivity index (χ0n) is 11.6. The average Bonchev–Trinajstić information content (AvgIpc) is 2.39. The van der Waals surface area contributed by atoms with Crippen molar-refractivity contribution in [2.45, 2.75) is 20.3 Å². The molecule has 0 atom stereocenters. The van der Waals surface area contributed by atoms with Gasteiger partial charge in [0.1, 0.15) is 0 Å². The van der Waals surface area contributed by atoms with E-state index in [2.05, 4.69) is 12.2 Å². The second-order valence-corrected chi connectivity index (χ2v) is 5.01. The Morgan fingerprint density at radius 3 is 2.60 bits per heavy atom. The molecule has 0 unspecified atom stereocenters. The number of urea groups is 1. The number of amides is 2. The Labute approximate surface area is 117 Å². The van der Waals surface area contributed by atoms with E-state index in [1.165, 1.54) is 11.6 Å². The van der Waals surface area contributed by atoms with Crippen LogP contribution in [-0.4, -0.2) is 35.1 Å². The van der Waals surface area contributed by atoms with Crippen LogP contribution in [0.3, 0.4) is 0 Å². The van der Waals surface area contributed by atoms with Crippen molar-refractivity contribution in [1.82, 2.24) is 4.90 Å². The molecule has 0 saturated heterocycles. The number of nitrogens with zero attached hydrogens (tertiary/aromatic N) is 1. The van der Waals surface area contributed by atoms with Crippen molar-refractivity contribution in [3.05, 3.63) is 41.0 Å². The lowest BCUT2D eigenvalue weighted by Crippen LogP contribution is -2.37. The maximum absolute atomic E-state index is 12.1. The van der Waals surface area contributed by atoms with Crippen LogP contribution >= 0.6 is 0 Å². The van der Waals surface area contributed by atoms with Crippen molar-refractivity contribution in [2.24, 2.45) is 0 Å². The van der Waals surface area contributed by atoms with Gasteiger partial charge in [-0.3, -0.25) is 0 Å². The Morgan fingerprint density at radius 1 is 1.30 bits per heavy atom. The Hall–Kier alpha value is -2.30. The zero-order chi connectivity index (χ0) is 14.7. The van der Waals surface area contributed by atoms with Gasteiger partial charge in [0.2, 0.25) is 0 Å². The molecule has 1 heterocycles. The number of carboxylic acids is 1. The highest BCUT2D eigenvalue weighted by Gasteiger charge is 2.16. The van der Waals surface area contributed by atoms with E-state index in [0.29, 0.717) is 24.3 Å². The van der Waals surface area contributed by atoms with Crippen molar-refractivity contribution in [3.8, 4) is 0 Å². The molecule has 1 aliphatic rings. The fraction of sp³-hybridized carbons (Fsp3) is 0.333. The van der Waals surface area contributed by atoms with E-state index >= 15 is 0 Å². The summed E-state index contributed by atoms with van der Waals surface area (Å²) in [5, 5.41) is 11.8. The Morgan fingerprint density at radius 2 is 2.05 bits per heavy atom. The van der Waals surface area contributed by atoms with Gasteiger partial charge >= 0.3 is 12.0 Å². The molecule has 0 saturated carbocycles. The third-order valence-electron chi connectivity index (χ3n) is 3.43. The van der Waals surface area contributed by atoms with Gasteiger partial charge in [-0.25, -0.2) is 9.59 Å². The number of rotatable bonds is 2. The molecule has 106 valence electrons. The number of anilines is 1. The van der Waals surface area contributed by atoms with E-state index in [-0.39, 0.29) is 11.6 Å². The molecule has 0 aliphatic carbocycles. The van der Waals surface area contributed by atoms with E-state index in [9.17, 15) is 9.59 Å². The predicted octanol–water partition coefficient (Wildman–Crippen LogP) is 2.88. The number of benzene rings is 1. The normalized spacial score (nSPS) is 14.7. The lowest BCUT2D eigenvalue weighted by atomic mass is 10.1. The van der Waals surface area contributed by atoms with Gasteiger partial charge in [0.25, 0.3) is 0 Å². The summed E-state index contributed by atoms with van der Waals surface area (Å²) in [7, 11) is 0. The van der Waals surface area contributed by atoms with Gasteiger partial charge in [-0.05, 0) is 44.0 Å². The third kappa shape index (κ3) is 3.17. The summed E-state index contributed by atoms with van der Waals surface area (Å²) in [6, 6.07) is 4.63. The Kier molecular flexibility index (Phi) is 4.08. The Bertz CT molecular complexity index is 578. The SMILES string of the molecule is CC1=CCN(C(=O)Nc2ccc(C(=O)O)c(C)c2)CC1. The van der Waals surface area contributed by atoms with Gasteiger partial charge in [0, 0.05) is 18.8 Å². The fourth-order valence-electron chi connectivity index (χ4n) is 2.14. The number of carbonyl (C=O) groups is 2. The minimum absolute atomic E-state index is 0.156. The van der Waals surface area contributed by atoms with Crippen LogP contribution in [0.15, 0.2) is 29.8 Å². The summed E-state index contributed by atoms with van der Waals surface area (Å²) in [6.07, 6.45) is 2.94. The summed E-state index contributed by atoms with van der Waals surface area (Å²) in [5.74, 6) is -0.961. The van der Waals surface area contributed by atoms with Crippen LogP contribution in [0, 0.1) is 6.92 Å². The van der Waals surface area contributed by atoms with Crippen LogP contribution in [-0.2, 0) is 0 Å². The van der Waals surface area contributed by atoms with Gasteiger partial charge in [0.05, 0.1) is 5.56 Å². The monoisotopic (exact) mass is 274 g/mol. The highest BCUT2D eigenvalue weighted by Crippen LogP contribution is 2.17. The smallest absolute Gasteiger partial charge is 0.335 e. The lowest BCUT2D eigenvalue weighted by Gasteiger charge is -2.25. The first-order chi connectivity index (χ1) is 9.47. The summed E-state index contributed by atoms with van der Waals surface area (Å²) < 4.78 is 0. The molecule has 2 amide bonds. The molecule has 0 radical (unpaired) electrons. The molecule has 2 rings (SSSR count). The van der Waals surface area contributed by atoms with Crippen molar-refractivity contribution < 1.29 is 14.7 Å². The largest absolute Gasteiger partial charge is 0.478 e. The van der Waals surface area contributed by atoms with Gasteiger partial charge in [-0.1, -0.05) is 11.6 Å². The predicted molar refractivity (Wildman–Crippen MR) is 77.1 cm³/mol. The first-order valence-corrected chi connectivity index (χ1v) is 6.53. The number of carbonyl (C=O) groups excluding carboxylic acids is 1. The molecule has 5 nitrogen and oxygen atoms in total. The van der Waals surface area contributed by atoms with Crippen LogP contribution in [0.25, 0.3) is 0 Å². The molecule has 1 aliphatic heterocycles. The van der Waals surface area contributed by atoms with E-state index in [1.807, 2.05) is 6.08 Å². The van der Waals surface area contributed by atoms with E-state index in [4.69, 9.17) is 5.11 Å². The minimum Gasteiger partial charge on any atom is -0.478 e. The van der Waals surface area contributed by atoms with Crippen LogP contribution in [0.2, 0.25) is 0 Å². The molecule has 0 spiro atoms. The molecule has 20 heavy (non-hydrogen) atoms. The van der Waals surface area contributed by atoms with Crippen LogP contribution in [0.5, 0.6) is 0 Å².